The van der Waals surface area contributed by atoms with E-state index >= 15 is 0 Å². The average molecular weight is 343 g/mol. The predicted molar refractivity (Wildman–Crippen MR) is 89.0 cm³/mol. The Morgan fingerprint density at radius 3 is 2.58 bits per heavy atom. The van der Waals surface area contributed by atoms with Gasteiger partial charge in [-0.3, -0.25) is 9.97 Å². The van der Waals surface area contributed by atoms with Crippen LogP contribution in [0, 0.1) is 12.7 Å². The lowest BCUT2D eigenvalue weighted by Crippen LogP contribution is -2.12. The maximum Gasteiger partial charge on any atom is 0.238 e. The highest BCUT2D eigenvalue weighted by Crippen LogP contribution is 2.31. The number of hydrogen-bond donors (Lipinski definition) is 1. The highest BCUT2D eigenvalue weighted by atomic mass is 32.2. The molecular weight excluding hydrogens is 329 g/mol. The Morgan fingerprint density at radius 2 is 1.88 bits per heavy atom. The molecule has 1 aromatic carbocycles. The van der Waals surface area contributed by atoms with Gasteiger partial charge < -0.3 is 0 Å². The van der Waals surface area contributed by atoms with Crippen LogP contribution < -0.4 is 5.14 Å². The summed E-state index contributed by atoms with van der Waals surface area (Å²) in [6.07, 6.45) is 4.96. The van der Waals surface area contributed by atoms with E-state index in [0.29, 0.717) is 11.3 Å². The molecule has 24 heavy (non-hydrogen) atoms. The van der Waals surface area contributed by atoms with Crippen LogP contribution in [0.2, 0.25) is 0 Å². The van der Waals surface area contributed by atoms with Crippen LogP contribution in [0.1, 0.15) is 5.56 Å². The van der Waals surface area contributed by atoms with Gasteiger partial charge in [-0.15, -0.1) is 0 Å². The van der Waals surface area contributed by atoms with Crippen molar-refractivity contribution < 1.29 is 12.8 Å². The maximum atomic E-state index is 13.9. The van der Waals surface area contributed by atoms with Gasteiger partial charge in [-0.25, -0.2) is 17.9 Å². The molecule has 0 aliphatic heterocycles. The second-order valence-corrected chi connectivity index (χ2v) is 6.93. The van der Waals surface area contributed by atoms with E-state index in [4.69, 9.17) is 5.14 Å². The van der Waals surface area contributed by atoms with E-state index in [1.807, 2.05) is 19.1 Å². The minimum atomic E-state index is -4.02. The highest BCUT2D eigenvalue weighted by molar-refractivity contribution is 7.89. The second-order valence-electron chi connectivity index (χ2n) is 5.37. The van der Waals surface area contributed by atoms with Gasteiger partial charge in [0.2, 0.25) is 10.0 Å². The molecule has 2 N–H and O–H groups in total. The van der Waals surface area contributed by atoms with E-state index in [-0.39, 0.29) is 4.90 Å². The van der Waals surface area contributed by atoms with Crippen molar-refractivity contribution in [1.82, 2.24) is 9.97 Å². The van der Waals surface area contributed by atoms with Crippen LogP contribution in [0.15, 0.2) is 59.9 Å². The smallest absolute Gasteiger partial charge is 0.238 e. The number of aryl methyl sites for hydroxylation is 1. The molecule has 0 amide bonds. The zero-order valence-corrected chi connectivity index (χ0v) is 13.6. The first-order valence-corrected chi connectivity index (χ1v) is 8.60. The molecule has 3 aromatic rings. The third kappa shape index (κ3) is 3.32. The molecular formula is C17H14FN3O2S. The largest absolute Gasteiger partial charge is 0.264 e. The minimum Gasteiger partial charge on any atom is -0.264 e. The van der Waals surface area contributed by atoms with Crippen molar-refractivity contribution >= 4 is 10.0 Å². The van der Waals surface area contributed by atoms with Gasteiger partial charge in [0.05, 0.1) is 10.6 Å². The molecule has 0 bridgehead atoms. The number of primary sulfonamides is 1. The molecule has 2 heterocycles. The summed E-state index contributed by atoms with van der Waals surface area (Å²) in [5, 5.41) is 5.12. The Kier molecular flexibility index (Phi) is 4.13. The van der Waals surface area contributed by atoms with Gasteiger partial charge in [0.1, 0.15) is 5.82 Å². The molecule has 2 aromatic heterocycles. The summed E-state index contributed by atoms with van der Waals surface area (Å²) in [5.41, 5.74) is 3.27. The van der Waals surface area contributed by atoms with E-state index < -0.39 is 15.8 Å². The van der Waals surface area contributed by atoms with E-state index in [9.17, 15) is 12.8 Å². The molecule has 0 spiro atoms. The fourth-order valence-corrected chi connectivity index (χ4v) is 3.00. The van der Waals surface area contributed by atoms with Gasteiger partial charge in [-0.05, 0) is 42.8 Å². The lowest BCUT2D eigenvalue weighted by molar-refractivity contribution is 0.592. The van der Waals surface area contributed by atoms with Gasteiger partial charge in [-0.1, -0.05) is 6.07 Å². The van der Waals surface area contributed by atoms with Crippen LogP contribution in [0.4, 0.5) is 4.39 Å². The minimum absolute atomic E-state index is 0.295. The Morgan fingerprint density at radius 1 is 1.08 bits per heavy atom. The van der Waals surface area contributed by atoms with Crippen LogP contribution in [0.3, 0.4) is 0 Å². The number of hydrogen-bond acceptors (Lipinski definition) is 4. The van der Waals surface area contributed by atoms with Crippen LogP contribution in [-0.4, -0.2) is 18.4 Å². The van der Waals surface area contributed by atoms with E-state index in [0.717, 1.165) is 22.8 Å². The van der Waals surface area contributed by atoms with Crippen LogP contribution in [0.5, 0.6) is 0 Å². The van der Waals surface area contributed by atoms with Crippen molar-refractivity contribution in [1.29, 1.82) is 0 Å². The molecule has 0 fully saturated rings. The second kappa shape index (κ2) is 6.10. The standard InChI is InChI=1S/C17H14FN3O2S/c1-11-5-13(10-20-9-11)16-3-2-4-21-17(16)12-6-14(18)8-15(7-12)24(19,22)23/h2-10H,1H3,(H2,19,22,23). The zero-order chi connectivity index (χ0) is 17.3. The van der Waals surface area contributed by atoms with Gasteiger partial charge in [0, 0.05) is 35.3 Å². The van der Waals surface area contributed by atoms with Crippen molar-refractivity contribution in [3.05, 3.63) is 66.4 Å². The van der Waals surface area contributed by atoms with Crippen LogP contribution >= 0.6 is 0 Å². The topological polar surface area (TPSA) is 85.9 Å². The molecule has 122 valence electrons. The van der Waals surface area contributed by atoms with Crippen molar-refractivity contribution in [2.24, 2.45) is 5.14 Å². The Balaban J connectivity index is 2.23. The molecule has 0 saturated carbocycles. The van der Waals surface area contributed by atoms with Crippen LogP contribution in [-0.2, 0) is 10.0 Å². The Labute approximate surface area is 139 Å². The summed E-state index contributed by atoms with van der Waals surface area (Å²) in [5.74, 6) is -0.699. The lowest BCUT2D eigenvalue weighted by Gasteiger charge is -2.10. The number of aromatic nitrogens is 2. The number of halogens is 1. The summed E-state index contributed by atoms with van der Waals surface area (Å²) in [6.45, 7) is 1.91. The fourth-order valence-electron chi connectivity index (χ4n) is 2.43. The van der Waals surface area contributed by atoms with E-state index in [1.54, 1.807) is 24.7 Å². The average Bonchev–Trinajstić information content (AvgIpc) is 2.53. The molecule has 3 rings (SSSR count). The summed E-state index contributed by atoms with van der Waals surface area (Å²) in [6, 6.07) is 8.92. The Bertz CT molecular complexity index is 1020. The number of sulfonamides is 1. The normalized spacial score (nSPS) is 11.5. The number of benzene rings is 1. The third-order valence-electron chi connectivity index (χ3n) is 3.47. The third-order valence-corrected chi connectivity index (χ3v) is 4.36. The number of pyridine rings is 2. The zero-order valence-electron chi connectivity index (χ0n) is 12.8. The summed E-state index contributed by atoms with van der Waals surface area (Å²) < 4.78 is 37.0. The quantitative estimate of drug-likeness (QED) is 0.792. The number of rotatable bonds is 3. The van der Waals surface area contributed by atoms with Gasteiger partial charge in [-0.2, -0.15) is 0 Å². The van der Waals surface area contributed by atoms with Gasteiger partial charge in [0.25, 0.3) is 0 Å². The lowest BCUT2D eigenvalue weighted by atomic mass is 10.00. The molecule has 0 radical (unpaired) electrons. The molecule has 7 heteroatoms. The Hall–Kier alpha value is -2.64. The first-order valence-electron chi connectivity index (χ1n) is 7.05. The molecule has 0 aliphatic carbocycles. The van der Waals surface area contributed by atoms with Crippen molar-refractivity contribution in [3.8, 4) is 22.4 Å². The van der Waals surface area contributed by atoms with E-state index in [2.05, 4.69) is 9.97 Å². The highest BCUT2D eigenvalue weighted by Gasteiger charge is 2.15. The molecule has 0 atom stereocenters. The fraction of sp³-hybridized carbons (Fsp3) is 0.0588. The molecule has 5 nitrogen and oxygen atoms in total. The number of nitrogens with two attached hydrogens (primary N) is 1. The predicted octanol–water partition coefficient (Wildman–Crippen LogP) is 2.91. The number of nitrogens with zero attached hydrogens (tertiary/aromatic N) is 2. The maximum absolute atomic E-state index is 13.9. The molecule has 0 unspecified atom stereocenters. The van der Waals surface area contributed by atoms with Gasteiger partial charge >= 0.3 is 0 Å². The first kappa shape index (κ1) is 16.2. The molecule has 0 saturated heterocycles. The van der Waals surface area contributed by atoms with Crippen molar-refractivity contribution in [3.63, 3.8) is 0 Å². The molecule has 0 aliphatic rings. The summed E-state index contributed by atoms with van der Waals surface area (Å²) in [7, 11) is -4.02. The first-order chi connectivity index (χ1) is 11.3. The van der Waals surface area contributed by atoms with Crippen LogP contribution in [0.25, 0.3) is 22.4 Å². The van der Waals surface area contributed by atoms with Crippen molar-refractivity contribution in [2.75, 3.05) is 0 Å². The SMILES string of the molecule is Cc1cncc(-c2cccnc2-c2cc(F)cc(S(N)(=O)=O)c2)c1. The summed E-state index contributed by atoms with van der Waals surface area (Å²) in [4.78, 5) is 8.15. The van der Waals surface area contributed by atoms with Crippen molar-refractivity contribution in [2.45, 2.75) is 11.8 Å². The summed E-state index contributed by atoms with van der Waals surface area (Å²) >= 11 is 0. The monoisotopic (exact) mass is 343 g/mol. The van der Waals surface area contributed by atoms with Gasteiger partial charge in [0.15, 0.2) is 0 Å². The van der Waals surface area contributed by atoms with E-state index in [1.165, 1.54) is 12.1 Å².